The predicted molar refractivity (Wildman–Crippen MR) is 67.9 cm³/mol. The molecule has 1 aliphatic rings. The van der Waals surface area contributed by atoms with Crippen molar-refractivity contribution in [1.82, 2.24) is 4.98 Å². The third-order valence-corrected chi connectivity index (χ3v) is 3.18. The Labute approximate surface area is 97.1 Å². The molecular weight excluding hydrogens is 204 g/mol. The van der Waals surface area contributed by atoms with Gasteiger partial charge in [0.1, 0.15) is 5.82 Å². The number of hydrogen-bond acceptors (Lipinski definition) is 3. The van der Waals surface area contributed by atoms with Crippen molar-refractivity contribution in [2.45, 2.75) is 25.7 Å². The van der Waals surface area contributed by atoms with Crippen LogP contribution in [-0.2, 0) is 6.42 Å². The molecule has 1 fully saturated rings. The Kier molecular flexibility index (Phi) is 3.89. The number of nitrogens with zero attached hydrogens (tertiary/aromatic N) is 2. The van der Waals surface area contributed by atoms with E-state index in [-0.39, 0.29) is 0 Å². The standard InChI is InChI=1S/C12H18N2S/c15-9-3-4-11-5-6-12(13-10-11)14-7-1-2-8-14/h5-6,10,15H,1-4,7-9H2. The Hall–Kier alpha value is -0.700. The van der Waals surface area contributed by atoms with Gasteiger partial charge in [0.2, 0.25) is 0 Å². The first-order chi connectivity index (χ1) is 7.40. The second-order valence-electron chi connectivity index (χ2n) is 4.05. The maximum Gasteiger partial charge on any atom is 0.128 e. The normalized spacial score (nSPS) is 15.9. The Balaban J connectivity index is 1.96. The Morgan fingerprint density at radius 2 is 2.07 bits per heavy atom. The van der Waals surface area contributed by atoms with Crippen LogP contribution in [0.3, 0.4) is 0 Å². The van der Waals surface area contributed by atoms with E-state index in [4.69, 9.17) is 0 Å². The quantitative estimate of drug-likeness (QED) is 0.788. The molecule has 2 heterocycles. The lowest BCUT2D eigenvalue weighted by Crippen LogP contribution is -2.18. The number of aromatic nitrogens is 1. The molecule has 0 saturated carbocycles. The summed E-state index contributed by atoms with van der Waals surface area (Å²) in [6, 6.07) is 4.35. The Morgan fingerprint density at radius 1 is 1.27 bits per heavy atom. The van der Waals surface area contributed by atoms with Crippen molar-refractivity contribution in [3.05, 3.63) is 23.9 Å². The van der Waals surface area contributed by atoms with Gasteiger partial charge in [0.15, 0.2) is 0 Å². The van der Waals surface area contributed by atoms with Crippen molar-refractivity contribution < 1.29 is 0 Å². The van der Waals surface area contributed by atoms with Crippen molar-refractivity contribution in [3.63, 3.8) is 0 Å². The van der Waals surface area contributed by atoms with Crippen molar-refractivity contribution >= 4 is 18.4 Å². The first-order valence-electron chi connectivity index (χ1n) is 5.71. The minimum atomic E-state index is 0.952. The van der Waals surface area contributed by atoms with Crippen LogP contribution in [-0.4, -0.2) is 23.8 Å². The van der Waals surface area contributed by atoms with Crippen molar-refractivity contribution in [2.24, 2.45) is 0 Å². The van der Waals surface area contributed by atoms with E-state index >= 15 is 0 Å². The smallest absolute Gasteiger partial charge is 0.128 e. The summed E-state index contributed by atoms with van der Waals surface area (Å²) in [5.74, 6) is 2.09. The van der Waals surface area contributed by atoms with Gasteiger partial charge in [0.25, 0.3) is 0 Å². The Bertz CT molecular complexity index is 291. The molecule has 0 N–H and O–H groups in total. The minimum absolute atomic E-state index is 0.952. The first-order valence-corrected chi connectivity index (χ1v) is 6.34. The number of hydrogen-bond donors (Lipinski definition) is 1. The zero-order valence-corrected chi connectivity index (χ0v) is 9.92. The molecule has 15 heavy (non-hydrogen) atoms. The summed E-state index contributed by atoms with van der Waals surface area (Å²) < 4.78 is 0. The van der Waals surface area contributed by atoms with Crippen LogP contribution in [0.25, 0.3) is 0 Å². The molecule has 0 unspecified atom stereocenters. The highest BCUT2D eigenvalue weighted by atomic mass is 32.1. The van der Waals surface area contributed by atoms with Gasteiger partial charge in [0, 0.05) is 19.3 Å². The van der Waals surface area contributed by atoms with E-state index in [0.717, 1.165) is 24.4 Å². The van der Waals surface area contributed by atoms with Gasteiger partial charge in [-0.1, -0.05) is 6.07 Å². The van der Waals surface area contributed by atoms with Gasteiger partial charge < -0.3 is 4.90 Å². The fourth-order valence-electron chi connectivity index (χ4n) is 1.98. The van der Waals surface area contributed by atoms with E-state index in [9.17, 15) is 0 Å². The number of rotatable bonds is 4. The summed E-state index contributed by atoms with van der Waals surface area (Å²) in [5, 5.41) is 0. The molecule has 2 nitrogen and oxygen atoms in total. The van der Waals surface area contributed by atoms with Gasteiger partial charge in [-0.2, -0.15) is 12.6 Å². The van der Waals surface area contributed by atoms with E-state index in [0.29, 0.717) is 0 Å². The summed E-state index contributed by atoms with van der Waals surface area (Å²) in [6.07, 6.45) is 6.86. The van der Waals surface area contributed by atoms with Crippen LogP contribution < -0.4 is 4.90 Å². The van der Waals surface area contributed by atoms with Gasteiger partial charge in [-0.25, -0.2) is 4.98 Å². The van der Waals surface area contributed by atoms with E-state index in [1.54, 1.807) is 0 Å². The van der Waals surface area contributed by atoms with Crippen LogP contribution in [0.4, 0.5) is 5.82 Å². The van der Waals surface area contributed by atoms with Gasteiger partial charge in [-0.05, 0) is 43.1 Å². The van der Waals surface area contributed by atoms with Crippen LogP contribution in [0.5, 0.6) is 0 Å². The van der Waals surface area contributed by atoms with Gasteiger partial charge >= 0.3 is 0 Å². The molecule has 2 rings (SSSR count). The monoisotopic (exact) mass is 222 g/mol. The molecule has 0 amide bonds. The summed E-state index contributed by atoms with van der Waals surface area (Å²) in [7, 11) is 0. The van der Waals surface area contributed by atoms with Crippen LogP contribution in [0, 0.1) is 0 Å². The molecule has 1 aromatic rings. The fraction of sp³-hybridized carbons (Fsp3) is 0.583. The molecule has 0 atom stereocenters. The maximum atomic E-state index is 4.51. The summed E-state index contributed by atoms with van der Waals surface area (Å²) >= 11 is 4.21. The lowest BCUT2D eigenvalue weighted by atomic mass is 10.2. The second kappa shape index (κ2) is 5.40. The lowest BCUT2D eigenvalue weighted by Gasteiger charge is -2.16. The van der Waals surface area contributed by atoms with E-state index in [1.165, 1.54) is 31.5 Å². The highest BCUT2D eigenvalue weighted by molar-refractivity contribution is 7.80. The van der Waals surface area contributed by atoms with Crippen LogP contribution >= 0.6 is 12.6 Å². The minimum Gasteiger partial charge on any atom is -0.357 e. The highest BCUT2D eigenvalue weighted by Crippen LogP contribution is 2.17. The molecule has 0 spiro atoms. The van der Waals surface area contributed by atoms with Crippen molar-refractivity contribution in [2.75, 3.05) is 23.7 Å². The molecular formula is C12H18N2S. The number of aryl methyl sites for hydroxylation is 1. The fourth-order valence-corrected chi connectivity index (χ4v) is 2.14. The number of thiol groups is 1. The zero-order chi connectivity index (χ0) is 10.5. The van der Waals surface area contributed by atoms with E-state index in [2.05, 4.69) is 34.6 Å². The van der Waals surface area contributed by atoms with E-state index < -0.39 is 0 Å². The SMILES string of the molecule is SCCCc1ccc(N2CCCC2)nc1. The average Bonchev–Trinajstić information content (AvgIpc) is 2.80. The van der Waals surface area contributed by atoms with Crippen molar-refractivity contribution in [1.29, 1.82) is 0 Å². The first kappa shape index (κ1) is 10.8. The summed E-state index contributed by atoms with van der Waals surface area (Å²) in [6.45, 7) is 2.34. The third-order valence-electron chi connectivity index (χ3n) is 2.86. The molecule has 0 aromatic carbocycles. The molecule has 0 bridgehead atoms. The molecule has 82 valence electrons. The van der Waals surface area contributed by atoms with Gasteiger partial charge in [0.05, 0.1) is 0 Å². The molecule has 1 aromatic heterocycles. The third kappa shape index (κ3) is 2.88. The zero-order valence-electron chi connectivity index (χ0n) is 9.02. The summed E-state index contributed by atoms with van der Waals surface area (Å²) in [4.78, 5) is 6.88. The lowest BCUT2D eigenvalue weighted by molar-refractivity contribution is 0.905. The van der Waals surface area contributed by atoms with Gasteiger partial charge in [-0.3, -0.25) is 0 Å². The molecule has 0 radical (unpaired) electrons. The number of pyridine rings is 1. The van der Waals surface area contributed by atoms with E-state index in [1.807, 2.05) is 6.20 Å². The van der Waals surface area contributed by atoms with Gasteiger partial charge in [-0.15, -0.1) is 0 Å². The van der Waals surface area contributed by atoms with Crippen LogP contribution in [0.2, 0.25) is 0 Å². The molecule has 1 aliphatic heterocycles. The maximum absolute atomic E-state index is 4.51. The Morgan fingerprint density at radius 3 is 2.67 bits per heavy atom. The van der Waals surface area contributed by atoms with Crippen LogP contribution in [0.15, 0.2) is 18.3 Å². The number of anilines is 1. The predicted octanol–water partition coefficient (Wildman–Crippen LogP) is 2.54. The molecule has 3 heteroatoms. The molecule has 0 aliphatic carbocycles. The summed E-state index contributed by atoms with van der Waals surface area (Å²) in [5.41, 5.74) is 1.33. The average molecular weight is 222 g/mol. The largest absolute Gasteiger partial charge is 0.357 e. The second-order valence-corrected chi connectivity index (χ2v) is 4.49. The molecule has 1 saturated heterocycles. The van der Waals surface area contributed by atoms with Crippen LogP contribution in [0.1, 0.15) is 24.8 Å². The topological polar surface area (TPSA) is 16.1 Å². The highest BCUT2D eigenvalue weighted by Gasteiger charge is 2.12. The van der Waals surface area contributed by atoms with Crippen molar-refractivity contribution in [3.8, 4) is 0 Å².